The lowest BCUT2D eigenvalue weighted by molar-refractivity contribution is 0.282. The normalized spacial score (nSPS) is 19.7. The summed E-state index contributed by atoms with van der Waals surface area (Å²) in [5, 5.41) is 10.6. The predicted octanol–water partition coefficient (Wildman–Crippen LogP) is 4.42. The molecule has 0 aliphatic carbocycles. The van der Waals surface area contributed by atoms with E-state index in [9.17, 15) is 8.42 Å². The monoisotopic (exact) mass is 442 g/mol. The second-order valence-corrected chi connectivity index (χ2v) is 9.95. The van der Waals surface area contributed by atoms with Crippen molar-refractivity contribution >= 4 is 32.7 Å². The molecule has 8 heteroatoms. The highest BCUT2D eigenvalue weighted by molar-refractivity contribution is 7.86. The van der Waals surface area contributed by atoms with E-state index in [1.54, 1.807) is 0 Å². The molecule has 0 spiro atoms. The number of H-pyrrole nitrogens is 1. The first kappa shape index (κ1) is 20.9. The van der Waals surface area contributed by atoms with E-state index < -0.39 is 10.2 Å². The molecule has 1 N–H and O–H groups in total. The van der Waals surface area contributed by atoms with Crippen LogP contribution in [0.15, 0.2) is 48.5 Å². The average molecular weight is 443 g/mol. The number of para-hydroxylation sites is 1. The van der Waals surface area contributed by atoms with Gasteiger partial charge in [0.1, 0.15) is 0 Å². The Morgan fingerprint density at radius 1 is 1.23 bits per heavy atom. The van der Waals surface area contributed by atoms with Crippen LogP contribution in [0.4, 0.5) is 0 Å². The molecule has 2 atom stereocenters. The van der Waals surface area contributed by atoms with Gasteiger partial charge in [0.25, 0.3) is 10.2 Å². The van der Waals surface area contributed by atoms with Gasteiger partial charge >= 0.3 is 0 Å². The smallest absolute Gasteiger partial charge is 0.282 e. The maximum atomic E-state index is 13.4. The first-order chi connectivity index (χ1) is 14.4. The summed E-state index contributed by atoms with van der Waals surface area (Å²) in [5.41, 5.74) is 3.85. The number of fused-ring (bicyclic) bond motifs is 3. The third-order valence-corrected chi connectivity index (χ3v) is 8.22. The van der Waals surface area contributed by atoms with Gasteiger partial charge in [-0.2, -0.15) is 22.3 Å². The van der Waals surface area contributed by atoms with Gasteiger partial charge in [0, 0.05) is 54.1 Å². The molecule has 0 bridgehead atoms. The molecule has 0 saturated carbocycles. The zero-order valence-electron chi connectivity index (χ0n) is 16.8. The van der Waals surface area contributed by atoms with E-state index in [2.05, 4.69) is 11.1 Å². The Balaban J connectivity index is 1.88. The molecule has 1 aliphatic heterocycles. The molecule has 0 amide bonds. The number of nitrogens with one attached hydrogen (secondary N) is 1. The van der Waals surface area contributed by atoms with E-state index >= 15 is 0 Å². The predicted molar refractivity (Wildman–Crippen MR) is 118 cm³/mol. The van der Waals surface area contributed by atoms with Crippen molar-refractivity contribution in [2.75, 3.05) is 20.1 Å². The number of halogens is 1. The first-order valence-corrected chi connectivity index (χ1v) is 11.6. The lowest BCUT2D eigenvalue weighted by Crippen LogP contribution is -2.47. The van der Waals surface area contributed by atoms with Gasteiger partial charge in [0.15, 0.2) is 0 Å². The highest BCUT2D eigenvalue weighted by Crippen LogP contribution is 2.45. The Morgan fingerprint density at radius 2 is 1.93 bits per heavy atom. The molecule has 0 saturated heterocycles. The van der Waals surface area contributed by atoms with Crippen LogP contribution in [0.5, 0.6) is 0 Å². The Morgan fingerprint density at radius 3 is 2.67 bits per heavy atom. The van der Waals surface area contributed by atoms with Gasteiger partial charge in [-0.25, -0.2) is 0 Å². The zero-order valence-corrected chi connectivity index (χ0v) is 18.4. The van der Waals surface area contributed by atoms with Crippen LogP contribution in [0.3, 0.4) is 0 Å². The van der Waals surface area contributed by atoms with E-state index in [0.717, 1.165) is 27.7 Å². The van der Waals surface area contributed by atoms with Gasteiger partial charge < -0.3 is 4.98 Å². The van der Waals surface area contributed by atoms with Crippen LogP contribution in [-0.2, 0) is 10.2 Å². The maximum Gasteiger partial charge on any atom is 0.282 e. The van der Waals surface area contributed by atoms with Crippen LogP contribution < -0.4 is 0 Å². The number of hydrogen-bond acceptors (Lipinski definition) is 3. The molecule has 6 nitrogen and oxygen atoms in total. The standard InChI is InChI=1S/C22H23ClN4O2S/c1-15-22-21(17-9-4-6-11-20(17)25-22)18(16-8-3-5-10-19(16)23)14-27(15)30(28,29)26(2)13-7-12-24/h3-6,8-11,15,18,25H,7,13-14H2,1-2H3. The number of aromatic amines is 1. The van der Waals surface area contributed by atoms with Crippen molar-refractivity contribution in [2.24, 2.45) is 0 Å². The molecular formula is C22H23ClN4O2S. The number of rotatable bonds is 5. The fourth-order valence-corrected chi connectivity index (χ4v) is 6.06. The number of aromatic nitrogens is 1. The molecule has 1 aromatic heterocycles. The van der Waals surface area contributed by atoms with Crippen LogP contribution in [-0.4, -0.2) is 42.1 Å². The Labute approximate surface area is 181 Å². The number of nitrogens with zero attached hydrogens (tertiary/aromatic N) is 3. The van der Waals surface area contributed by atoms with Crippen molar-refractivity contribution in [2.45, 2.75) is 25.3 Å². The molecular weight excluding hydrogens is 420 g/mol. The summed E-state index contributed by atoms with van der Waals surface area (Å²) in [7, 11) is -2.25. The summed E-state index contributed by atoms with van der Waals surface area (Å²) < 4.78 is 29.5. The second-order valence-electron chi connectivity index (χ2n) is 7.56. The minimum absolute atomic E-state index is 0.142. The van der Waals surface area contributed by atoms with Crippen LogP contribution in [0.25, 0.3) is 10.9 Å². The van der Waals surface area contributed by atoms with Crippen molar-refractivity contribution in [1.82, 2.24) is 13.6 Å². The van der Waals surface area contributed by atoms with Crippen molar-refractivity contribution in [3.63, 3.8) is 0 Å². The van der Waals surface area contributed by atoms with Gasteiger partial charge in [-0.05, 0) is 30.2 Å². The third-order valence-electron chi connectivity index (χ3n) is 5.85. The van der Waals surface area contributed by atoms with Crippen molar-refractivity contribution in [3.05, 3.63) is 70.4 Å². The van der Waals surface area contributed by atoms with Gasteiger partial charge in [-0.1, -0.05) is 48.0 Å². The first-order valence-electron chi connectivity index (χ1n) is 9.81. The van der Waals surface area contributed by atoms with Crippen LogP contribution in [0.2, 0.25) is 5.02 Å². The molecule has 3 aromatic rings. The zero-order chi connectivity index (χ0) is 21.5. The molecule has 156 valence electrons. The van der Waals surface area contributed by atoms with Crippen LogP contribution in [0, 0.1) is 11.3 Å². The Bertz CT molecular complexity index is 1230. The highest BCUT2D eigenvalue weighted by Gasteiger charge is 2.42. The fraction of sp³-hybridized carbons (Fsp3) is 0.318. The van der Waals surface area contributed by atoms with E-state index in [1.165, 1.54) is 15.7 Å². The summed E-state index contributed by atoms with van der Waals surface area (Å²) in [6.45, 7) is 2.32. The minimum atomic E-state index is -3.76. The van der Waals surface area contributed by atoms with Crippen LogP contribution in [0.1, 0.15) is 42.1 Å². The molecule has 0 radical (unpaired) electrons. The summed E-state index contributed by atoms with van der Waals surface area (Å²) in [6, 6.07) is 17.2. The van der Waals surface area contributed by atoms with Crippen molar-refractivity contribution < 1.29 is 8.42 Å². The SMILES string of the molecule is CC1c2[nH]c3ccccc3c2C(c2ccccc2Cl)CN1S(=O)(=O)N(C)CCC#N. The van der Waals surface area contributed by atoms with E-state index in [0.29, 0.717) is 5.02 Å². The van der Waals surface area contributed by atoms with Crippen molar-refractivity contribution in [1.29, 1.82) is 5.26 Å². The summed E-state index contributed by atoms with van der Waals surface area (Å²) >= 11 is 6.55. The quantitative estimate of drug-likeness (QED) is 0.635. The molecule has 30 heavy (non-hydrogen) atoms. The molecule has 2 heterocycles. The second kappa shape index (κ2) is 8.05. The Hall–Kier alpha value is -2.37. The lowest BCUT2D eigenvalue weighted by atomic mass is 9.85. The molecule has 1 aliphatic rings. The third kappa shape index (κ3) is 3.40. The number of hydrogen-bond donors (Lipinski definition) is 1. The summed E-state index contributed by atoms with van der Waals surface area (Å²) in [4.78, 5) is 3.45. The molecule has 2 unspecified atom stereocenters. The van der Waals surface area contributed by atoms with E-state index in [1.807, 2.05) is 55.5 Å². The van der Waals surface area contributed by atoms with E-state index in [-0.39, 0.29) is 31.5 Å². The molecule has 4 rings (SSSR count). The topological polar surface area (TPSA) is 80.2 Å². The number of benzene rings is 2. The molecule has 0 fully saturated rings. The lowest BCUT2D eigenvalue weighted by Gasteiger charge is -2.39. The summed E-state index contributed by atoms with van der Waals surface area (Å²) in [6.07, 6.45) is 0.142. The number of nitriles is 1. The van der Waals surface area contributed by atoms with Gasteiger partial charge in [-0.3, -0.25) is 0 Å². The molecule has 2 aromatic carbocycles. The van der Waals surface area contributed by atoms with Gasteiger partial charge in [-0.15, -0.1) is 0 Å². The highest BCUT2D eigenvalue weighted by atomic mass is 35.5. The maximum absolute atomic E-state index is 13.4. The van der Waals surface area contributed by atoms with Gasteiger partial charge in [0.05, 0.1) is 12.1 Å². The minimum Gasteiger partial charge on any atom is -0.357 e. The summed E-state index contributed by atoms with van der Waals surface area (Å²) in [5.74, 6) is -0.208. The fourth-order valence-electron chi connectivity index (χ4n) is 4.27. The Kier molecular flexibility index (Phi) is 5.60. The van der Waals surface area contributed by atoms with E-state index in [4.69, 9.17) is 16.9 Å². The van der Waals surface area contributed by atoms with Gasteiger partial charge in [0.2, 0.25) is 0 Å². The van der Waals surface area contributed by atoms with Crippen LogP contribution >= 0.6 is 11.6 Å². The largest absolute Gasteiger partial charge is 0.357 e. The average Bonchev–Trinajstić information content (AvgIpc) is 3.13. The van der Waals surface area contributed by atoms with Crippen molar-refractivity contribution in [3.8, 4) is 6.07 Å².